The van der Waals surface area contributed by atoms with E-state index >= 15 is 0 Å². The van der Waals surface area contributed by atoms with E-state index in [4.69, 9.17) is 0 Å². The van der Waals surface area contributed by atoms with Crippen molar-refractivity contribution < 1.29 is 48.1 Å². The van der Waals surface area contributed by atoms with Gasteiger partial charge in [-0.05, 0) is 0 Å². The molecule has 0 saturated carbocycles. The fourth-order valence-corrected chi connectivity index (χ4v) is 3.11. The maximum Gasteiger partial charge on any atom is -0.0579 e. The zero-order chi connectivity index (χ0) is 19.6. The molecule has 4 heteroatoms. The molecule has 0 aliphatic carbocycles. The summed E-state index contributed by atoms with van der Waals surface area (Å²) >= 11 is 1.74. The SMILES string of the molecule is CCCCc1c[cH-]c2ccccc12.C[Si](C)=[Zr+2].Cc1cc2ccccc2[cH-]1.[Cl-].[Cl-]. The number of unbranched alkanes of at least 4 members (excludes halogenated alkanes) is 1. The van der Waals surface area contributed by atoms with Crippen molar-refractivity contribution in [2.45, 2.75) is 46.2 Å². The standard InChI is InChI=1S/C13H15.C10H9.C2H6Si.2ClH.Zr/c1-2-3-6-11-9-10-12-7-4-5-8-13(11)12;1-8-6-9-4-2-3-5-10(9)7-8;1-3-2;;;/h4-5,7-10H,2-3,6H2,1H3;2-7H,1H3;1-2H3;2*1H;/q2*-1;;;;+2/p-2. The Bertz CT molecular complexity index is 948. The number of rotatable bonds is 3. The van der Waals surface area contributed by atoms with Gasteiger partial charge >= 0.3 is 41.9 Å². The third kappa shape index (κ3) is 9.79. The van der Waals surface area contributed by atoms with Crippen LogP contribution in [0.4, 0.5) is 0 Å². The first-order valence-electron chi connectivity index (χ1n) is 9.78. The van der Waals surface area contributed by atoms with Gasteiger partial charge in [-0.3, -0.25) is 0 Å². The summed E-state index contributed by atoms with van der Waals surface area (Å²) in [5, 5.41) is 5.52. The van der Waals surface area contributed by atoms with E-state index in [2.05, 4.69) is 99.7 Å². The largest absolute Gasteiger partial charge is 1.00 e. The van der Waals surface area contributed by atoms with Gasteiger partial charge in [-0.2, -0.15) is 11.6 Å². The number of fused-ring (bicyclic) bond motifs is 2. The van der Waals surface area contributed by atoms with E-state index in [-0.39, 0.29) is 30.2 Å². The van der Waals surface area contributed by atoms with Crippen LogP contribution >= 0.6 is 0 Å². The van der Waals surface area contributed by atoms with Gasteiger partial charge in [-0.1, -0.05) is 45.2 Å². The van der Waals surface area contributed by atoms with Crippen molar-refractivity contribution in [3.63, 3.8) is 0 Å². The molecular weight excluding hydrogens is 490 g/mol. The second-order valence-electron chi connectivity index (χ2n) is 7.21. The van der Waals surface area contributed by atoms with Gasteiger partial charge in [0.25, 0.3) is 0 Å². The molecule has 0 fully saturated rings. The Morgan fingerprint density at radius 2 is 1.52 bits per heavy atom. The van der Waals surface area contributed by atoms with Crippen LogP contribution in [-0.4, -0.2) is 5.43 Å². The van der Waals surface area contributed by atoms with Crippen LogP contribution in [0.25, 0.3) is 21.5 Å². The number of aryl methyl sites for hydroxylation is 2. The van der Waals surface area contributed by atoms with Gasteiger partial charge in [0, 0.05) is 0 Å². The molecule has 0 radical (unpaired) electrons. The van der Waals surface area contributed by atoms with Crippen LogP contribution in [0.5, 0.6) is 0 Å². The molecule has 4 aromatic rings. The van der Waals surface area contributed by atoms with Crippen molar-refractivity contribution in [3.8, 4) is 0 Å². The van der Waals surface area contributed by atoms with Gasteiger partial charge in [0.2, 0.25) is 0 Å². The van der Waals surface area contributed by atoms with Gasteiger partial charge in [0.1, 0.15) is 0 Å². The van der Waals surface area contributed by atoms with Crippen molar-refractivity contribution in [1.29, 1.82) is 0 Å². The predicted molar refractivity (Wildman–Crippen MR) is 120 cm³/mol. The van der Waals surface area contributed by atoms with Gasteiger partial charge < -0.3 is 24.8 Å². The van der Waals surface area contributed by atoms with E-state index in [1.54, 1.807) is 23.3 Å². The Balaban J connectivity index is 0.000000441. The molecule has 0 atom stereocenters. The fraction of sp³-hybridized carbons (Fsp3) is 0.280. The van der Waals surface area contributed by atoms with Crippen LogP contribution in [-0.2, 0) is 29.8 Å². The number of hydrogen-bond donors (Lipinski definition) is 0. The Labute approximate surface area is 204 Å². The summed E-state index contributed by atoms with van der Waals surface area (Å²) in [4.78, 5) is 0. The Morgan fingerprint density at radius 1 is 0.931 bits per heavy atom. The van der Waals surface area contributed by atoms with Gasteiger partial charge in [-0.15, -0.1) is 81.7 Å². The fourth-order valence-electron chi connectivity index (χ4n) is 3.11. The quantitative estimate of drug-likeness (QED) is 0.284. The average molecular weight is 521 g/mol. The molecule has 0 spiro atoms. The first kappa shape index (κ1) is 28.3. The third-order valence-corrected chi connectivity index (χ3v) is 4.33. The van der Waals surface area contributed by atoms with Crippen molar-refractivity contribution in [2.24, 2.45) is 0 Å². The molecule has 0 nitrogen and oxygen atoms in total. The third-order valence-electron chi connectivity index (χ3n) is 4.33. The van der Waals surface area contributed by atoms with E-state index in [0.29, 0.717) is 0 Å². The van der Waals surface area contributed by atoms with Crippen LogP contribution < -0.4 is 24.8 Å². The minimum atomic E-state index is 0. The topological polar surface area (TPSA) is 0 Å². The second kappa shape index (κ2) is 15.2. The van der Waals surface area contributed by atoms with Crippen LogP contribution in [0.1, 0.15) is 30.9 Å². The molecule has 0 bridgehead atoms. The minimum absolute atomic E-state index is 0. The average Bonchev–Trinajstić information content (AvgIpc) is 3.22. The number of hydrogen-bond acceptors (Lipinski definition) is 0. The second-order valence-corrected chi connectivity index (χ2v) is 16.6. The summed E-state index contributed by atoms with van der Waals surface area (Å²) in [6.45, 7) is 8.98. The Kier molecular flexibility index (Phi) is 14.8. The molecule has 0 unspecified atom stereocenters. The minimum Gasteiger partial charge on any atom is -1.00 e. The van der Waals surface area contributed by atoms with Crippen molar-refractivity contribution in [2.75, 3.05) is 0 Å². The molecule has 0 N–H and O–H groups in total. The molecule has 0 saturated heterocycles. The van der Waals surface area contributed by atoms with Crippen molar-refractivity contribution >= 4 is 27.0 Å². The Morgan fingerprint density at radius 3 is 2.14 bits per heavy atom. The molecular formula is C25H30Cl2SiZr-2. The summed E-state index contributed by atoms with van der Waals surface area (Å²) in [5.41, 5.74) is 3.07. The van der Waals surface area contributed by atoms with Crippen molar-refractivity contribution in [3.05, 3.63) is 83.9 Å². The molecule has 0 aliphatic rings. The van der Waals surface area contributed by atoms with E-state index in [1.165, 1.54) is 51.9 Å². The van der Waals surface area contributed by atoms with Gasteiger partial charge in [0.05, 0.1) is 0 Å². The van der Waals surface area contributed by atoms with Gasteiger partial charge in [0.15, 0.2) is 0 Å². The monoisotopic (exact) mass is 518 g/mol. The first-order valence-corrected chi connectivity index (χ1v) is 16.0. The zero-order valence-corrected chi connectivity index (χ0v) is 22.8. The molecule has 0 aliphatic heterocycles. The van der Waals surface area contributed by atoms with E-state index in [0.717, 1.165) is 0 Å². The molecule has 0 aromatic heterocycles. The van der Waals surface area contributed by atoms with Crippen LogP contribution in [0.2, 0.25) is 13.1 Å². The molecule has 0 amide bonds. The summed E-state index contributed by atoms with van der Waals surface area (Å²) in [7, 11) is 0. The summed E-state index contributed by atoms with van der Waals surface area (Å²) in [5.74, 6) is 0. The molecule has 4 aromatic carbocycles. The summed E-state index contributed by atoms with van der Waals surface area (Å²) in [6, 6.07) is 26.0. The normalized spacial score (nSPS) is 9.45. The van der Waals surface area contributed by atoms with Crippen molar-refractivity contribution in [1.82, 2.24) is 0 Å². The molecule has 0 heterocycles. The van der Waals surface area contributed by atoms with Crippen LogP contribution in [0, 0.1) is 6.92 Å². The summed E-state index contributed by atoms with van der Waals surface area (Å²) < 4.78 is 0. The molecule has 154 valence electrons. The predicted octanol–water partition coefficient (Wildman–Crippen LogP) is 1.56. The maximum absolute atomic E-state index is 2.31. The first-order chi connectivity index (χ1) is 13.0. The van der Waals surface area contributed by atoms with E-state index in [1.807, 2.05) is 0 Å². The molecule has 4 rings (SSSR count). The molecule has 29 heavy (non-hydrogen) atoms. The number of benzene rings is 2. The van der Waals surface area contributed by atoms with Gasteiger partial charge in [-0.25, -0.2) is 0 Å². The van der Waals surface area contributed by atoms with E-state index in [9.17, 15) is 0 Å². The number of halogens is 2. The Hall–Kier alpha value is -0.660. The van der Waals surface area contributed by atoms with Crippen LogP contribution in [0.15, 0.2) is 72.8 Å². The maximum atomic E-state index is 2.31. The van der Waals surface area contributed by atoms with E-state index < -0.39 is 0 Å². The van der Waals surface area contributed by atoms with Crippen LogP contribution in [0.3, 0.4) is 0 Å². The zero-order valence-electron chi connectivity index (χ0n) is 17.8. The smallest absolute Gasteiger partial charge is 0.0579 e. The summed E-state index contributed by atoms with van der Waals surface area (Å²) in [6.07, 6.45) is 3.80.